The lowest BCUT2D eigenvalue weighted by atomic mass is 10.0. The molecule has 18 heavy (non-hydrogen) atoms. The van der Waals surface area contributed by atoms with Gasteiger partial charge in [0.1, 0.15) is 5.82 Å². The predicted molar refractivity (Wildman–Crippen MR) is 83.8 cm³/mol. The van der Waals surface area contributed by atoms with Crippen molar-refractivity contribution in [1.29, 1.82) is 0 Å². The monoisotopic (exact) mass is 353 g/mol. The lowest BCUT2D eigenvalue weighted by Crippen LogP contribution is -2.04. The average molecular weight is 353 g/mol. The van der Waals surface area contributed by atoms with Gasteiger partial charge >= 0.3 is 0 Å². The number of anilines is 1. The predicted octanol–water partition coefficient (Wildman–Crippen LogP) is 3.80. The number of halogens is 1. The van der Waals surface area contributed by atoms with Crippen LogP contribution in [0.1, 0.15) is 18.1 Å². The van der Waals surface area contributed by atoms with Gasteiger partial charge in [-0.25, -0.2) is 9.97 Å². The summed E-state index contributed by atoms with van der Waals surface area (Å²) < 4.78 is 1.05. The molecule has 1 aromatic heterocycles. The van der Waals surface area contributed by atoms with Gasteiger partial charge in [0.05, 0.1) is 3.57 Å². The van der Waals surface area contributed by atoms with Gasteiger partial charge in [-0.1, -0.05) is 18.2 Å². The lowest BCUT2D eigenvalue weighted by molar-refractivity contribution is 1.10. The number of nitrogens with zero attached hydrogens (tertiary/aromatic N) is 2. The molecule has 3 nitrogen and oxygen atoms in total. The van der Waals surface area contributed by atoms with Gasteiger partial charge in [-0.2, -0.15) is 0 Å². The molecule has 1 N–H and O–H groups in total. The molecule has 0 aliphatic rings. The maximum atomic E-state index is 4.62. The third kappa shape index (κ3) is 2.63. The van der Waals surface area contributed by atoms with Crippen molar-refractivity contribution in [2.45, 2.75) is 20.8 Å². The van der Waals surface area contributed by atoms with E-state index in [1.165, 1.54) is 11.1 Å². The van der Waals surface area contributed by atoms with Gasteiger partial charge < -0.3 is 5.32 Å². The van der Waals surface area contributed by atoms with Crippen molar-refractivity contribution < 1.29 is 0 Å². The van der Waals surface area contributed by atoms with E-state index in [1.54, 1.807) is 0 Å². The molecule has 0 fully saturated rings. The van der Waals surface area contributed by atoms with Gasteiger partial charge in [-0.05, 0) is 54.5 Å². The zero-order chi connectivity index (χ0) is 13.1. The van der Waals surface area contributed by atoms with E-state index >= 15 is 0 Å². The van der Waals surface area contributed by atoms with Crippen LogP contribution in [0.4, 0.5) is 5.82 Å². The van der Waals surface area contributed by atoms with Gasteiger partial charge in [-0.15, -0.1) is 0 Å². The highest BCUT2D eigenvalue weighted by atomic mass is 127. The highest BCUT2D eigenvalue weighted by Crippen LogP contribution is 2.26. The Labute approximate surface area is 121 Å². The third-order valence-electron chi connectivity index (χ3n) is 2.79. The Balaban J connectivity index is 2.54. The largest absolute Gasteiger partial charge is 0.369 e. The highest BCUT2D eigenvalue weighted by molar-refractivity contribution is 14.1. The van der Waals surface area contributed by atoms with Crippen molar-refractivity contribution in [3.05, 3.63) is 39.1 Å². The summed E-state index contributed by atoms with van der Waals surface area (Å²) in [5.41, 5.74) is 3.55. The van der Waals surface area contributed by atoms with E-state index in [0.29, 0.717) is 0 Å². The van der Waals surface area contributed by atoms with Crippen LogP contribution in [0.5, 0.6) is 0 Å². The normalized spacial score (nSPS) is 10.4. The number of aryl methyl sites for hydroxylation is 2. The maximum Gasteiger partial charge on any atom is 0.162 e. The van der Waals surface area contributed by atoms with Crippen LogP contribution in [-0.4, -0.2) is 16.5 Å². The molecule has 1 heterocycles. The molecule has 0 saturated heterocycles. The van der Waals surface area contributed by atoms with E-state index in [2.05, 4.69) is 76.8 Å². The van der Waals surface area contributed by atoms with Crippen molar-refractivity contribution in [2.75, 3.05) is 11.9 Å². The first-order chi connectivity index (χ1) is 8.63. The summed E-state index contributed by atoms with van der Waals surface area (Å²) in [7, 11) is 0. The number of aromatic nitrogens is 2. The molecule has 94 valence electrons. The minimum absolute atomic E-state index is 0.793. The molecule has 2 rings (SSSR count). The molecule has 0 aliphatic carbocycles. The van der Waals surface area contributed by atoms with Gasteiger partial charge in [0, 0.05) is 18.3 Å². The third-order valence-corrected chi connectivity index (χ3v) is 3.58. The van der Waals surface area contributed by atoms with Crippen molar-refractivity contribution in [1.82, 2.24) is 9.97 Å². The Kier molecular flexibility index (Phi) is 4.16. The average Bonchev–Trinajstić information content (AvgIpc) is 2.33. The zero-order valence-electron chi connectivity index (χ0n) is 10.8. The molecule has 0 amide bonds. The van der Waals surface area contributed by atoms with Gasteiger partial charge in [0.15, 0.2) is 5.82 Å². The topological polar surface area (TPSA) is 37.8 Å². The molecule has 0 atom stereocenters. The summed E-state index contributed by atoms with van der Waals surface area (Å²) in [5, 5.41) is 3.27. The van der Waals surface area contributed by atoms with E-state index in [4.69, 9.17) is 0 Å². The molecule has 0 bridgehead atoms. The summed E-state index contributed by atoms with van der Waals surface area (Å²) >= 11 is 2.25. The van der Waals surface area contributed by atoms with Crippen LogP contribution in [0, 0.1) is 17.4 Å². The standard InChI is InChI=1S/C14H16IN3/c1-4-16-13-11(15)8-17-14(18-13)12-9(2)6-5-7-10(12)3/h5-8H,4H2,1-3H3,(H,16,17,18). The van der Waals surface area contributed by atoms with Crippen molar-refractivity contribution >= 4 is 28.4 Å². The van der Waals surface area contributed by atoms with Gasteiger partial charge in [0.2, 0.25) is 0 Å². The second kappa shape index (κ2) is 5.65. The number of benzene rings is 1. The first kappa shape index (κ1) is 13.3. The van der Waals surface area contributed by atoms with E-state index in [0.717, 1.165) is 27.3 Å². The molecule has 1 aromatic carbocycles. The molecule has 0 spiro atoms. The molecule has 0 radical (unpaired) electrons. The maximum absolute atomic E-state index is 4.62. The first-order valence-corrected chi connectivity index (χ1v) is 7.04. The Bertz CT molecular complexity index is 547. The van der Waals surface area contributed by atoms with Gasteiger partial charge in [-0.3, -0.25) is 0 Å². The Hall–Kier alpha value is -1.17. The Morgan fingerprint density at radius 2 is 1.89 bits per heavy atom. The first-order valence-electron chi connectivity index (χ1n) is 5.96. The summed E-state index contributed by atoms with van der Waals surface area (Å²) in [6, 6.07) is 6.25. The summed E-state index contributed by atoms with van der Waals surface area (Å²) in [5.74, 6) is 1.70. The fourth-order valence-electron chi connectivity index (χ4n) is 1.95. The quantitative estimate of drug-likeness (QED) is 0.853. The van der Waals surface area contributed by atoms with Crippen LogP contribution in [0.3, 0.4) is 0 Å². The van der Waals surface area contributed by atoms with Crippen molar-refractivity contribution in [3.63, 3.8) is 0 Å². The molecule has 0 saturated carbocycles. The summed E-state index contributed by atoms with van der Waals surface area (Å²) in [6.07, 6.45) is 1.87. The van der Waals surface area contributed by atoms with Crippen molar-refractivity contribution in [3.8, 4) is 11.4 Å². The second-order valence-corrected chi connectivity index (χ2v) is 5.35. The summed E-state index contributed by atoms with van der Waals surface area (Å²) in [4.78, 5) is 9.08. The van der Waals surface area contributed by atoms with Crippen molar-refractivity contribution in [2.24, 2.45) is 0 Å². The Morgan fingerprint density at radius 1 is 1.22 bits per heavy atom. The van der Waals surface area contributed by atoms with Gasteiger partial charge in [0.25, 0.3) is 0 Å². The lowest BCUT2D eigenvalue weighted by Gasteiger charge is -2.11. The molecular formula is C14H16IN3. The van der Waals surface area contributed by atoms with Crippen LogP contribution in [0.2, 0.25) is 0 Å². The zero-order valence-corrected chi connectivity index (χ0v) is 12.9. The van der Waals surface area contributed by atoms with Crippen LogP contribution in [-0.2, 0) is 0 Å². The molecular weight excluding hydrogens is 337 g/mol. The minimum atomic E-state index is 0.793. The summed E-state index contributed by atoms with van der Waals surface area (Å²) in [6.45, 7) is 7.11. The van der Waals surface area contributed by atoms with Crippen LogP contribution in [0.25, 0.3) is 11.4 Å². The highest BCUT2D eigenvalue weighted by Gasteiger charge is 2.10. The number of nitrogens with one attached hydrogen (secondary N) is 1. The number of hydrogen-bond acceptors (Lipinski definition) is 3. The molecule has 0 unspecified atom stereocenters. The smallest absolute Gasteiger partial charge is 0.162 e. The fraction of sp³-hybridized carbons (Fsp3) is 0.286. The fourth-order valence-corrected chi connectivity index (χ4v) is 2.40. The van der Waals surface area contributed by atoms with E-state index < -0.39 is 0 Å². The molecule has 0 aliphatic heterocycles. The molecule has 2 aromatic rings. The molecule has 4 heteroatoms. The van der Waals surface area contributed by atoms with Crippen LogP contribution >= 0.6 is 22.6 Å². The minimum Gasteiger partial charge on any atom is -0.369 e. The second-order valence-electron chi connectivity index (χ2n) is 4.19. The Morgan fingerprint density at radius 3 is 2.50 bits per heavy atom. The number of hydrogen-bond donors (Lipinski definition) is 1. The van der Waals surface area contributed by atoms with E-state index in [9.17, 15) is 0 Å². The van der Waals surface area contributed by atoms with Crippen LogP contribution in [0.15, 0.2) is 24.4 Å². The SMILES string of the molecule is CCNc1nc(-c2c(C)cccc2C)ncc1I. The van der Waals surface area contributed by atoms with Crippen LogP contribution < -0.4 is 5.32 Å². The number of rotatable bonds is 3. The van der Waals surface area contributed by atoms with E-state index in [-0.39, 0.29) is 0 Å². The van der Waals surface area contributed by atoms with E-state index in [1.807, 2.05) is 6.20 Å².